The zero-order valence-electron chi connectivity index (χ0n) is 18.0. The van der Waals surface area contributed by atoms with Crippen LogP contribution in [-0.2, 0) is 6.42 Å². The number of nitrogens with zero attached hydrogens (tertiary/aromatic N) is 1. The molecular weight excluding hydrogens is 396 g/mol. The van der Waals surface area contributed by atoms with Crippen LogP contribution in [0.15, 0.2) is 91.0 Å². The molecule has 4 rings (SSSR count). The molecule has 0 radical (unpaired) electrons. The Balaban J connectivity index is 1.38. The van der Waals surface area contributed by atoms with Gasteiger partial charge in [0.05, 0.1) is 0 Å². The van der Waals surface area contributed by atoms with E-state index in [-0.39, 0.29) is 5.91 Å². The number of benzene rings is 3. The number of hydrogen-bond acceptors (Lipinski definition) is 4. The molecule has 4 N–H and O–H groups in total. The Hall–Kier alpha value is -4.12. The Morgan fingerprint density at radius 2 is 1.56 bits per heavy atom. The van der Waals surface area contributed by atoms with Crippen molar-refractivity contribution in [3.63, 3.8) is 0 Å². The standard InChI is InChI=1S/C27H26N4O/c1-19-9-11-20(12-10-19)24-6-2-3-7-25(24)27(32)31-23-15-13-21(14-16-23)29-18-17-22-5-4-8-26(28)30-22/h2-16,29H,17-18H2,1H3,(H2,28,30)(H,31,32). The van der Waals surface area contributed by atoms with Crippen molar-refractivity contribution < 1.29 is 4.79 Å². The number of pyridine rings is 1. The highest BCUT2D eigenvalue weighted by Crippen LogP contribution is 2.25. The molecule has 5 heteroatoms. The average Bonchev–Trinajstić information content (AvgIpc) is 2.81. The first kappa shape index (κ1) is 21.1. The van der Waals surface area contributed by atoms with Crippen molar-refractivity contribution in [2.75, 3.05) is 22.9 Å². The van der Waals surface area contributed by atoms with E-state index in [0.29, 0.717) is 11.4 Å². The Morgan fingerprint density at radius 1 is 0.844 bits per heavy atom. The first-order valence-electron chi connectivity index (χ1n) is 10.6. The van der Waals surface area contributed by atoms with Gasteiger partial charge in [-0.2, -0.15) is 0 Å². The van der Waals surface area contributed by atoms with Crippen molar-refractivity contribution in [1.82, 2.24) is 4.98 Å². The number of aromatic nitrogens is 1. The van der Waals surface area contributed by atoms with Crippen LogP contribution in [-0.4, -0.2) is 17.4 Å². The summed E-state index contributed by atoms with van der Waals surface area (Å²) >= 11 is 0. The van der Waals surface area contributed by atoms with E-state index in [1.54, 1.807) is 6.07 Å². The second-order valence-electron chi connectivity index (χ2n) is 7.67. The molecule has 160 valence electrons. The number of carbonyl (C=O) groups is 1. The molecule has 0 saturated carbocycles. The number of amides is 1. The van der Waals surface area contributed by atoms with Crippen LogP contribution in [0.4, 0.5) is 17.2 Å². The predicted molar refractivity (Wildman–Crippen MR) is 132 cm³/mol. The van der Waals surface area contributed by atoms with Gasteiger partial charge in [-0.05, 0) is 60.5 Å². The summed E-state index contributed by atoms with van der Waals surface area (Å²) in [6.07, 6.45) is 0.777. The van der Waals surface area contributed by atoms with E-state index in [4.69, 9.17) is 5.73 Å². The fourth-order valence-electron chi connectivity index (χ4n) is 3.51. The smallest absolute Gasteiger partial charge is 0.256 e. The van der Waals surface area contributed by atoms with Gasteiger partial charge in [0.15, 0.2) is 0 Å². The highest BCUT2D eigenvalue weighted by Gasteiger charge is 2.12. The second-order valence-corrected chi connectivity index (χ2v) is 7.67. The van der Waals surface area contributed by atoms with Gasteiger partial charge in [0, 0.05) is 35.6 Å². The molecule has 32 heavy (non-hydrogen) atoms. The van der Waals surface area contributed by atoms with Crippen molar-refractivity contribution in [3.8, 4) is 11.1 Å². The van der Waals surface area contributed by atoms with E-state index in [9.17, 15) is 4.79 Å². The van der Waals surface area contributed by atoms with Crippen LogP contribution in [0.3, 0.4) is 0 Å². The number of rotatable bonds is 7. The molecule has 0 aliphatic heterocycles. The first-order valence-corrected chi connectivity index (χ1v) is 10.6. The van der Waals surface area contributed by atoms with Crippen LogP contribution in [0.1, 0.15) is 21.6 Å². The lowest BCUT2D eigenvalue weighted by Crippen LogP contribution is -2.13. The van der Waals surface area contributed by atoms with Gasteiger partial charge in [-0.3, -0.25) is 4.79 Å². The molecule has 0 unspecified atom stereocenters. The zero-order chi connectivity index (χ0) is 22.3. The third kappa shape index (κ3) is 5.32. The Morgan fingerprint density at radius 3 is 2.31 bits per heavy atom. The third-order valence-corrected chi connectivity index (χ3v) is 5.22. The molecule has 1 heterocycles. The highest BCUT2D eigenvalue weighted by atomic mass is 16.1. The number of nitrogens with one attached hydrogen (secondary N) is 2. The summed E-state index contributed by atoms with van der Waals surface area (Å²) in [7, 11) is 0. The highest BCUT2D eigenvalue weighted by molar-refractivity contribution is 6.08. The Bertz CT molecular complexity index is 1200. The monoisotopic (exact) mass is 422 g/mol. The normalized spacial score (nSPS) is 10.5. The minimum Gasteiger partial charge on any atom is -0.385 e. The number of carbonyl (C=O) groups excluding carboxylic acids is 1. The van der Waals surface area contributed by atoms with Gasteiger partial charge < -0.3 is 16.4 Å². The van der Waals surface area contributed by atoms with Crippen LogP contribution in [0.25, 0.3) is 11.1 Å². The van der Waals surface area contributed by atoms with Crippen molar-refractivity contribution in [2.45, 2.75) is 13.3 Å². The maximum Gasteiger partial charge on any atom is 0.256 e. The number of anilines is 3. The summed E-state index contributed by atoms with van der Waals surface area (Å²) in [4.78, 5) is 17.3. The molecule has 0 aliphatic rings. The summed E-state index contributed by atoms with van der Waals surface area (Å²) in [5.41, 5.74) is 12.2. The maximum absolute atomic E-state index is 13.0. The van der Waals surface area contributed by atoms with E-state index < -0.39 is 0 Å². The van der Waals surface area contributed by atoms with E-state index in [0.717, 1.165) is 41.2 Å². The molecule has 3 aromatic carbocycles. The lowest BCUT2D eigenvalue weighted by Gasteiger charge is -2.12. The van der Waals surface area contributed by atoms with Crippen molar-refractivity contribution >= 4 is 23.1 Å². The lowest BCUT2D eigenvalue weighted by molar-refractivity contribution is 0.102. The second kappa shape index (κ2) is 9.79. The average molecular weight is 423 g/mol. The summed E-state index contributed by atoms with van der Waals surface area (Å²) in [6.45, 7) is 2.79. The van der Waals surface area contributed by atoms with E-state index >= 15 is 0 Å². The van der Waals surface area contributed by atoms with Crippen LogP contribution in [0.5, 0.6) is 0 Å². The molecule has 0 fully saturated rings. The fraction of sp³-hybridized carbons (Fsp3) is 0.111. The minimum absolute atomic E-state index is 0.130. The Labute approximate surface area is 188 Å². The number of hydrogen-bond donors (Lipinski definition) is 3. The van der Waals surface area contributed by atoms with E-state index in [2.05, 4.69) is 34.7 Å². The molecule has 0 saturated heterocycles. The first-order chi connectivity index (χ1) is 15.6. The van der Waals surface area contributed by atoms with Crippen LogP contribution >= 0.6 is 0 Å². The molecule has 0 spiro atoms. The molecule has 5 nitrogen and oxygen atoms in total. The molecule has 0 bridgehead atoms. The Kier molecular flexibility index (Phi) is 6.46. The third-order valence-electron chi connectivity index (χ3n) is 5.22. The molecule has 4 aromatic rings. The summed E-state index contributed by atoms with van der Waals surface area (Å²) in [5, 5.41) is 6.37. The van der Waals surface area contributed by atoms with Gasteiger partial charge >= 0.3 is 0 Å². The zero-order valence-corrected chi connectivity index (χ0v) is 18.0. The van der Waals surface area contributed by atoms with Gasteiger partial charge in [-0.25, -0.2) is 4.98 Å². The van der Waals surface area contributed by atoms with Crippen molar-refractivity contribution in [1.29, 1.82) is 0 Å². The van der Waals surface area contributed by atoms with E-state index in [1.165, 1.54) is 5.56 Å². The topological polar surface area (TPSA) is 80.0 Å². The molecule has 0 atom stereocenters. The number of aryl methyl sites for hydroxylation is 1. The summed E-state index contributed by atoms with van der Waals surface area (Å²) in [5.74, 6) is 0.404. The van der Waals surface area contributed by atoms with Gasteiger partial charge in [-0.1, -0.05) is 54.1 Å². The van der Waals surface area contributed by atoms with Gasteiger partial charge in [-0.15, -0.1) is 0 Å². The number of nitrogen functional groups attached to an aromatic ring is 1. The molecule has 0 aliphatic carbocycles. The molecule has 1 amide bonds. The van der Waals surface area contributed by atoms with Crippen molar-refractivity contribution in [2.24, 2.45) is 0 Å². The predicted octanol–water partition coefficient (Wildman–Crippen LogP) is 5.55. The summed E-state index contributed by atoms with van der Waals surface area (Å²) < 4.78 is 0. The van der Waals surface area contributed by atoms with E-state index in [1.807, 2.05) is 72.8 Å². The van der Waals surface area contributed by atoms with Crippen LogP contribution < -0.4 is 16.4 Å². The van der Waals surface area contributed by atoms with Gasteiger partial charge in [0.1, 0.15) is 5.82 Å². The molecule has 1 aromatic heterocycles. The maximum atomic E-state index is 13.0. The lowest BCUT2D eigenvalue weighted by atomic mass is 9.98. The van der Waals surface area contributed by atoms with Crippen molar-refractivity contribution in [3.05, 3.63) is 108 Å². The quantitative estimate of drug-likeness (QED) is 0.365. The largest absolute Gasteiger partial charge is 0.385 e. The van der Waals surface area contributed by atoms with Crippen LogP contribution in [0.2, 0.25) is 0 Å². The minimum atomic E-state index is -0.130. The van der Waals surface area contributed by atoms with Gasteiger partial charge in [0.2, 0.25) is 0 Å². The fourth-order valence-corrected chi connectivity index (χ4v) is 3.51. The SMILES string of the molecule is Cc1ccc(-c2ccccc2C(=O)Nc2ccc(NCCc3cccc(N)n3)cc2)cc1. The summed E-state index contributed by atoms with van der Waals surface area (Å²) in [6, 6.07) is 29.2. The van der Waals surface area contributed by atoms with Crippen LogP contribution in [0, 0.1) is 6.92 Å². The van der Waals surface area contributed by atoms with Gasteiger partial charge in [0.25, 0.3) is 5.91 Å². The molecular formula is C27H26N4O. The number of nitrogens with two attached hydrogens (primary N) is 1.